The van der Waals surface area contributed by atoms with Crippen LogP contribution in [0, 0.1) is 10.1 Å². The molecule has 0 spiro atoms. The minimum absolute atomic E-state index is 0.0773. The summed E-state index contributed by atoms with van der Waals surface area (Å²) < 4.78 is 2.03. The van der Waals surface area contributed by atoms with Crippen LogP contribution in [-0.4, -0.2) is 9.32 Å². The summed E-state index contributed by atoms with van der Waals surface area (Å²) in [7, 11) is 0.938. The number of nitrogens with zero attached hydrogens (tertiary/aromatic N) is 2. The summed E-state index contributed by atoms with van der Waals surface area (Å²) in [5.74, 6) is 0. The van der Waals surface area contributed by atoms with E-state index in [9.17, 15) is 10.1 Å². The van der Waals surface area contributed by atoms with Crippen molar-refractivity contribution in [1.29, 1.82) is 0 Å². The smallest absolute Gasteiger partial charge is 0.269 e. The standard InChI is InChI=1S/C13H8Cl2N2O2P2/c14-21(15)13-11-3-1-2-8-16(11)12(20-13)9-4-6-10(7-5-9)17(18)19/h1-8H. The Hall–Kier alpha value is -1.18. The summed E-state index contributed by atoms with van der Waals surface area (Å²) in [6.07, 6.45) is 1.94. The van der Waals surface area contributed by atoms with Gasteiger partial charge in [0.1, 0.15) is 6.63 Å². The molecule has 106 valence electrons. The van der Waals surface area contributed by atoms with Crippen LogP contribution in [0.4, 0.5) is 5.69 Å². The molecule has 4 nitrogen and oxygen atoms in total. The summed E-state index contributed by atoms with van der Waals surface area (Å²) >= 11 is 12.2. The van der Waals surface area contributed by atoms with Gasteiger partial charge >= 0.3 is 0 Å². The first-order chi connectivity index (χ1) is 10.1. The van der Waals surface area contributed by atoms with E-state index in [1.54, 1.807) is 12.1 Å². The van der Waals surface area contributed by atoms with E-state index < -0.39 is 11.6 Å². The Labute approximate surface area is 132 Å². The number of hydrogen-bond donors (Lipinski definition) is 0. The van der Waals surface area contributed by atoms with E-state index in [4.69, 9.17) is 22.5 Å². The minimum Gasteiger partial charge on any atom is -0.312 e. The lowest BCUT2D eigenvalue weighted by atomic mass is 10.2. The second-order valence-electron chi connectivity index (χ2n) is 4.25. The number of nitro benzene ring substituents is 1. The van der Waals surface area contributed by atoms with Crippen molar-refractivity contribution in [1.82, 2.24) is 4.40 Å². The summed E-state index contributed by atoms with van der Waals surface area (Å²) in [5.41, 5.74) is 2.99. The van der Waals surface area contributed by atoms with Crippen molar-refractivity contribution in [3.05, 3.63) is 58.8 Å². The highest BCUT2D eigenvalue weighted by Crippen LogP contribution is 2.51. The Balaban J connectivity index is 2.18. The number of benzene rings is 1. The highest BCUT2D eigenvalue weighted by molar-refractivity contribution is 8.12. The predicted octanol–water partition coefficient (Wildman–Crippen LogP) is 5.51. The third-order valence-electron chi connectivity index (χ3n) is 3.03. The van der Waals surface area contributed by atoms with Gasteiger partial charge in [0.15, 0.2) is 0 Å². The molecule has 1 aromatic carbocycles. The fourth-order valence-corrected chi connectivity index (χ4v) is 5.28. The third kappa shape index (κ3) is 2.77. The maximum absolute atomic E-state index is 10.7. The van der Waals surface area contributed by atoms with Gasteiger partial charge in [-0.2, -0.15) is 0 Å². The van der Waals surface area contributed by atoms with Crippen LogP contribution in [-0.2, 0) is 0 Å². The molecule has 3 rings (SSSR count). The number of fused-ring (bicyclic) bond motifs is 1. The van der Waals surface area contributed by atoms with E-state index in [1.165, 1.54) is 12.1 Å². The Morgan fingerprint density at radius 3 is 2.48 bits per heavy atom. The molecule has 0 radical (unpaired) electrons. The second-order valence-corrected chi connectivity index (χ2v) is 9.16. The molecule has 0 fully saturated rings. The Bertz CT molecular complexity index is 819. The van der Waals surface area contributed by atoms with Crippen molar-refractivity contribution in [3.8, 4) is 11.0 Å². The molecule has 0 aliphatic heterocycles. The van der Waals surface area contributed by atoms with Gasteiger partial charge in [-0.3, -0.25) is 10.1 Å². The van der Waals surface area contributed by atoms with Crippen molar-refractivity contribution in [2.75, 3.05) is 0 Å². The van der Waals surface area contributed by atoms with Crippen molar-refractivity contribution in [2.45, 2.75) is 0 Å². The van der Waals surface area contributed by atoms with E-state index in [1.807, 2.05) is 28.8 Å². The molecule has 21 heavy (non-hydrogen) atoms. The van der Waals surface area contributed by atoms with Gasteiger partial charge in [-0.25, -0.2) is 0 Å². The number of nitro groups is 1. The van der Waals surface area contributed by atoms with Gasteiger partial charge in [-0.05, 0) is 32.5 Å². The van der Waals surface area contributed by atoms with Gasteiger partial charge in [0.25, 0.3) is 5.69 Å². The van der Waals surface area contributed by atoms with Crippen molar-refractivity contribution in [3.63, 3.8) is 0 Å². The van der Waals surface area contributed by atoms with Gasteiger partial charge in [0.2, 0.25) is 0 Å². The van der Waals surface area contributed by atoms with Crippen molar-refractivity contribution < 1.29 is 4.92 Å². The van der Waals surface area contributed by atoms with Gasteiger partial charge < -0.3 is 4.40 Å². The highest BCUT2D eigenvalue weighted by atomic mass is 35.9. The molecule has 0 aliphatic rings. The van der Waals surface area contributed by atoms with Crippen LogP contribution in [0.3, 0.4) is 0 Å². The van der Waals surface area contributed by atoms with Crippen LogP contribution in [0.1, 0.15) is 0 Å². The zero-order valence-electron chi connectivity index (χ0n) is 10.5. The SMILES string of the molecule is O=[N+]([O-])c1ccc(-c2pc(P(Cl)Cl)c3ccccn23)cc1. The molecule has 0 unspecified atom stereocenters. The Morgan fingerprint density at radius 1 is 1.14 bits per heavy atom. The fraction of sp³-hybridized carbons (Fsp3) is 0. The summed E-state index contributed by atoms with van der Waals surface area (Å²) in [6.45, 7) is -1.22. The molecule has 2 aromatic heterocycles. The molecule has 8 heteroatoms. The average Bonchev–Trinajstić information content (AvgIpc) is 2.87. The van der Waals surface area contributed by atoms with Gasteiger partial charge in [0, 0.05) is 23.9 Å². The molecule has 0 amide bonds. The van der Waals surface area contributed by atoms with Crippen LogP contribution in [0.5, 0.6) is 0 Å². The van der Waals surface area contributed by atoms with E-state index in [0.717, 1.165) is 29.7 Å². The average molecular weight is 357 g/mol. The molecular formula is C13H8Cl2N2O2P2. The van der Waals surface area contributed by atoms with E-state index in [2.05, 4.69) is 0 Å². The lowest BCUT2D eigenvalue weighted by Gasteiger charge is -2.02. The Kier molecular flexibility index (Phi) is 4.14. The first-order valence-electron chi connectivity index (χ1n) is 5.91. The van der Waals surface area contributed by atoms with Gasteiger partial charge in [-0.1, -0.05) is 28.5 Å². The zero-order chi connectivity index (χ0) is 15.0. The zero-order valence-corrected chi connectivity index (χ0v) is 13.8. The summed E-state index contributed by atoms with van der Waals surface area (Å²) in [5, 5.41) is 11.7. The van der Waals surface area contributed by atoms with E-state index >= 15 is 0 Å². The fourth-order valence-electron chi connectivity index (χ4n) is 2.08. The molecule has 0 bridgehead atoms. The van der Waals surface area contributed by atoms with Crippen molar-refractivity contribution >= 4 is 53.5 Å². The van der Waals surface area contributed by atoms with E-state index in [-0.39, 0.29) is 5.69 Å². The second kappa shape index (κ2) is 5.90. The predicted molar refractivity (Wildman–Crippen MR) is 90.3 cm³/mol. The van der Waals surface area contributed by atoms with Crippen LogP contribution in [0.15, 0.2) is 48.7 Å². The van der Waals surface area contributed by atoms with E-state index in [0.29, 0.717) is 0 Å². The van der Waals surface area contributed by atoms with Crippen LogP contribution in [0.25, 0.3) is 16.5 Å². The normalized spacial score (nSPS) is 11.6. The number of hydrogen-bond acceptors (Lipinski definition) is 2. The van der Waals surface area contributed by atoms with Gasteiger partial charge in [-0.15, -0.1) is 0 Å². The molecule has 0 N–H and O–H groups in total. The number of aromatic nitrogens is 1. The minimum atomic E-state index is -1.22. The molecule has 2 heterocycles. The monoisotopic (exact) mass is 356 g/mol. The number of pyridine rings is 1. The van der Waals surface area contributed by atoms with Crippen LogP contribution < -0.4 is 5.04 Å². The summed E-state index contributed by atoms with van der Waals surface area (Å²) in [4.78, 5) is 10.3. The largest absolute Gasteiger partial charge is 0.312 e. The first-order valence-corrected chi connectivity index (χ1v) is 9.96. The number of halogens is 2. The maximum atomic E-state index is 10.7. The lowest BCUT2D eigenvalue weighted by Crippen LogP contribution is -1.92. The molecule has 0 saturated carbocycles. The molecule has 0 aliphatic carbocycles. The Morgan fingerprint density at radius 2 is 1.86 bits per heavy atom. The van der Waals surface area contributed by atoms with Crippen LogP contribution in [0.2, 0.25) is 0 Å². The lowest BCUT2D eigenvalue weighted by molar-refractivity contribution is -0.384. The third-order valence-corrected chi connectivity index (χ3v) is 7.32. The molecule has 0 saturated heterocycles. The van der Waals surface area contributed by atoms with Crippen LogP contribution >= 0.6 is 37.3 Å². The number of non-ortho nitro benzene ring substituents is 1. The number of rotatable bonds is 3. The van der Waals surface area contributed by atoms with Crippen molar-refractivity contribution in [2.24, 2.45) is 0 Å². The van der Waals surface area contributed by atoms with Gasteiger partial charge in [0.05, 0.1) is 20.9 Å². The molecule has 3 aromatic rings. The highest BCUT2D eigenvalue weighted by Gasteiger charge is 2.16. The summed E-state index contributed by atoms with van der Waals surface area (Å²) in [6, 6.07) is 12.3. The quantitative estimate of drug-likeness (QED) is 0.353. The molecular weight excluding hydrogens is 349 g/mol. The molecule has 0 atom stereocenters. The first kappa shape index (κ1) is 14.7. The topological polar surface area (TPSA) is 47.5 Å². The maximum Gasteiger partial charge on any atom is 0.269 e.